The molecule has 0 spiro atoms. The number of aryl methyl sites for hydroxylation is 2. The van der Waals surface area contributed by atoms with Crippen LogP contribution in [0.4, 0.5) is 0 Å². The van der Waals surface area contributed by atoms with E-state index in [1.54, 1.807) is 6.92 Å². The molecule has 0 bridgehead atoms. The first-order valence-electron chi connectivity index (χ1n) is 5.20. The van der Waals surface area contributed by atoms with Crippen LogP contribution in [0.1, 0.15) is 17.0 Å². The monoisotopic (exact) mass is 231 g/mol. The van der Waals surface area contributed by atoms with Gasteiger partial charge in [0, 0.05) is 5.69 Å². The van der Waals surface area contributed by atoms with Gasteiger partial charge >= 0.3 is 0 Å². The molecule has 0 saturated carbocycles. The van der Waals surface area contributed by atoms with E-state index in [1.807, 2.05) is 26.0 Å². The molecule has 0 aliphatic heterocycles. The lowest BCUT2D eigenvalue weighted by Gasteiger charge is -2.09. The van der Waals surface area contributed by atoms with Crippen molar-refractivity contribution in [1.29, 1.82) is 0 Å². The Morgan fingerprint density at radius 1 is 1.12 bits per heavy atom. The number of rotatable bonds is 2. The quantitative estimate of drug-likeness (QED) is 0.858. The smallest absolute Gasteiger partial charge is 0.229 e. The highest BCUT2D eigenvalue weighted by Gasteiger charge is 2.09. The summed E-state index contributed by atoms with van der Waals surface area (Å²) >= 11 is 0. The van der Waals surface area contributed by atoms with Crippen LogP contribution in [0, 0.1) is 20.8 Å². The molecule has 0 fully saturated rings. The van der Waals surface area contributed by atoms with Crippen molar-refractivity contribution in [3.05, 3.63) is 35.4 Å². The summed E-state index contributed by atoms with van der Waals surface area (Å²) in [5.41, 5.74) is 2.21. The van der Waals surface area contributed by atoms with Gasteiger partial charge in [0.15, 0.2) is 5.75 Å². The summed E-state index contributed by atoms with van der Waals surface area (Å²) in [4.78, 5) is 11.9. The average Bonchev–Trinajstić information content (AvgIpc) is 2.28. The van der Waals surface area contributed by atoms with Crippen LogP contribution in [0.3, 0.4) is 0 Å². The van der Waals surface area contributed by atoms with Gasteiger partial charge in [-0.3, -0.25) is 4.98 Å². The first-order valence-corrected chi connectivity index (χ1v) is 5.20. The lowest BCUT2D eigenvalue weighted by atomic mass is 10.3. The maximum atomic E-state index is 9.44. The van der Waals surface area contributed by atoms with E-state index in [-0.39, 0.29) is 5.88 Å². The topological polar surface area (TPSA) is 68.1 Å². The number of ether oxygens (including phenoxy) is 1. The Labute approximate surface area is 99.2 Å². The normalized spacial score (nSPS) is 10.3. The van der Waals surface area contributed by atoms with E-state index < -0.39 is 0 Å². The fourth-order valence-corrected chi connectivity index (χ4v) is 1.41. The second-order valence-electron chi connectivity index (χ2n) is 3.77. The summed E-state index contributed by atoms with van der Waals surface area (Å²) in [5.74, 6) is 0.885. The Hall–Kier alpha value is -2.17. The Kier molecular flexibility index (Phi) is 2.91. The van der Waals surface area contributed by atoms with E-state index in [0.29, 0.717) is 17.2 Å². The van der Waals surface area contributed by atoms with Gasteiger partial charge in [0.05, 0.1) is 11.3 Å². The molecule has 17 heavy (non-hydrogen) atoms. The molecule has 5 heteroatoms. The predicted octanol–water partition coefficient (Wildman–Crippen LogP) is 2.29. The number of hydrogen-bond acceptors (Lipinski definition) is 5. The molecule has 2 aromatic heterocycles. The molecule has 0 saturated heterocycles. The molecule has 0 amide bonds. The van der Waals surface area contributed by atoms with Gasteiger partial charge in [-0.25, -0.2) is 9.97 Å². The van der Waals surface area contributed by atoms with Gasteiger partial charge < -0.3 is 9.84 Å². The Bertz CT molecular complexity index is 555. The molecule has 88 valence electrons. The molecule has 1 N–H and O–H groups in total. The van der Waals surface area contributed by atoms with Crippen molar-refractivity contribution in [2.45, 2.75) is 20.8 Å². The van der Waals surface area contributed by atoms with Crippen LogP contribution in [-0.4, -0.2) is 20.1 Å². The van der Waals surface area contributed by atoms with Gasteiger partial charge in [-0.05, 0) is 32.9 Å². The molecule has 0 aliphatic carbocycles. The van der Waals surface area contributed by atoms with Gasteiger partial charge in [-0.1, -0.05) is 0 Å². The second-order valence-corrected chi connectivity index (χ2v) is 3.77. The predicted molar refractivity (Wildman–Crippen MR) is 62.2 cm³/mol. The van der Waals surface area contributed by atoms with Crippen LogP contribution in [0.25, 0.3) is 0 Å². The molecule has 5 nitrogen and oxygen atoms in total. The molecular formula is C12H13N3O2. The summed E-state index contributed by atoms with van der Waals surface area (Å²) in [6, 6.07) is 3.69. The Morgan fingerprint density at radius 3 is 2.59 bits per heavy atom. The molecule has 0 atom stereocenters. The van der Waals surface area contributed by atoms with Gasteiger partial charge in [0.1, 0.15) is 6.33 Å². The van der Waals surface area contributed by atoms with E-state index in [9.17, 15) is 5.11 Å². The van der Waals surface area contributed by atoms with Crippen molar-refractivity contribution in [2.75, 3.05) is 0 Å². The third-order valence-electron chi connectivity index (χ3n) is 2.39. The Morgan fingerprint density at radius 2 is 1.88 bits per heavy atom. The third-order valence-corrected chi connectivity index (χ3v) is 2.39. The number of nitrogens with zero attached hydrogens (tertiary/aromatic N) is 3. The number of hydrogen-bond donors (Lipinski definition) is 1. The van der Waals surface area contributed by atoms with E-state index in [4.69, 9.17) is 4.74 Å². The minimum atomic E-state index is -0.0762. The number of aromatic hydroxyl groups is 1. The van der Waals surface area contributed by atoms with E-state index in [1.165, 1.54) is 6.33 Å². The highest BCUT2D eigenvalue weighted by Crippen LogP contribution is 2.27. The summed E-state index contributed by atoms with van der Waals surface area (Å²) in [5, 5.41) is 9.44. The lowest BCUT2D eigenvalue weighted by Crippen LogP contribution is -1.96. The minimum Gasteiger partial charge on any atom is -0.493 e. The molecule has 2 heterocycles. The van der Waals surface area contributed by atoms with Crippen LogP contribution in [0.15, 0.2) is 18.5 Å². The number of pyridine rings is 1. The Balaban J connectivity index is 2.35. The molecule has 0 aromatic carbocycles. The zero-order chi connectivity index (χ0) is 12.4. The molecular weight excluding hydrogens is 218 g/mol. The van der Waals surface area contributed by atoms with Gasteiger partial charge in [-0.15, -0.1) is 0 Å². The highest BCUT2D eigenvalue weighted by atomic mass is 16.5. The lowest BCUT2D eigenvalue weighted by molar-refractivity contribution is 0.417. The van der Waals surface area contributed by atoms with Crippen molar-refractivity contribution < 1.29 is 9.84 Å². The molecule has 0 radical (unpaired) electrons. The van der Waals surface area contributed by atoms with Crippen LogP contribution >= 0.6 is 0 Å². The summed E-state index contributed by atoms with van der Waals surface area (Å²) < 4.78 is 5.60. The van der Waals surface area contributed by atoms with Crippen molar-refractivity contribution in [3.63, 3.8) is 0 Å². The van der Waals surface area contributed by atoms with Crippen LogP contribution in [0.5, 0.6) is 17.5 Å². The first kappa shape index (κ1) is 11.3. The first-order chi connectivity index (χ1) is 8.08. The minimum absolute atomic E-state index is 0.0762. The number of aromatic nitrogens is 3. The second kappa shape index (κ2) is 4.37. The third kappa shape index (κ3) is 2.33. The van der Waals surface area contributed by atoms with Crippen LogP contribution in [-0.2, 0) is 0 Å². The maximum Gasteiger partial charge on any atom is 0.229 e. The maximum absolute atomic E-state index is 9.44. The molecule has 0 aliphatic rings. The van der Waals surface area contributed by atoms with Crippen molar-refractivity contribution in [1.82, 2.24) is 15.0 Å². The SMILES string of the molecule is Cc1ccc(Oc2ncnc(O)c2C)c(C)n1. The fourth-order valence-electron chi connectivity index (χ4n) is 1.41. The molecule has 0 unspecified atom stereocenters. The molecule has 2 rings (SSSR count). The van der Waals surface area contributed by atoms with Gasteiger partial charge in [0.25, 0.3) is 0 Å². The van der Waals surface area contributed by atoms with Gasteiger partial charge in [0.2, 0.25) is 11.8 Å². The molecule has 2 aromatic rings. The van der Waals surface area contributed by atoms with Crippen molar-refractivity contribution >= 4 is 0 Å². The summed E-state index contributed by atoms with van der Waals surface area (Å²) in [7, 11) is 0. The van der Waals surface area contributed by atoms with E-state index >= 15 is 0 Å². The van der Waals surface area contributed by atoms with Crippen molar-refractivity contribution in [3.8, 4) is 17.5 Å². The fraction of sp³-hybridized carbons (Fsp3) is 0.250. The summed E-state index contributed by atoms with van der Waals surface area (Å²) in [6.45, 7) is 5.47. The average molecular weight is 231 g/mol. The highest BCUT2D eigenvalue weighted by molar-refractivity contribution is 5.37. The van der Waals surface area contributed by atoms with Gasteiger partial charge in [-0.2, -0.15) is 0 Å². The zero-order valence-corrected chi connectivity index (χ0v) is 9.93. The zero-order valence-electron chi connectivity index (χ0n) is 9.93. The van der Waals surface area contributed by atoms with Crippen molar-refractivity contribution in [2.24, 2.45) is 0 Å². The van der Waals surface area contributed by atoms with Crippen LogP contribution < -0.4 is 4.74 Å². The summed E-state index contributed by atoms with van der Waals surface area (Å²) in [6.07, 6.45) is 1.26. The van der Waals surface area contributed by atoms with E-state index in [2.05, 4.69) is 15.0 Å². The standard InChI is InChI=1S/C12H13N3O2/c1-7-4-5-10(9(3)15-7)17-12-8(2)11(16)13-6-14-12/h4-6H,1-3H3,(H,13,14,16). The largest absolute Gasteiger partial charge is 0.493 e. The van der Waals surface area contributed by atoms with Crippen LogP contribution in [0.2, 0.25) is 0 Å². The van der Waals surface area contributed by atoms with E-state index in [0.717, 1.165) is 11.4 Å².